The third kappa shape index (κ3) is 15.6. The molecule has 0 bridgehead atoms. The first-order chi connectivity index (χ1) is 36.6. The number of anilines is 2. The number of hydrogen-bond acceptors (Lipinski definition) is 13. The molecule has 0 spiro atoms. The van der Waals surface area contributed by atoms with Crippen molar-refractivity contribution in [3.8, 4) is 22.8 Å². The molecule has 1 unspecified atom stereocenters. The summed E-state index contributed by atoms with van der Waals surface area (Å²) in [4.78, 5) is 73.0. The zero-order valence-electron chi connectivity index (χ0n) is 44.7. The van der Waals surface area contributed by atoms with Crippen LogP contribution < -0.4 is 26.0 Å². The normalized spacial score (nSPS) is 19.8. The predicted molar refractivity (Wildman–Crippen MR) is 297 cm³/mol. The van der Waals surface area contributed by atoms with E-state index in [9.17, 15) is 24.0 Å². The highest BCUT2D eigenvalue weighted by Gasteiger charge is 2.33. The molecular formula is C58H81N11O6. The summed E-state index contributed by atoms with van der Waals surface area (Å²) in [5.74, 6) is 3.39. The number of rotatable bonds is 13. The zero-order chi connectivity index (χ0) is 53.1. The van der Waals surface area contributed by atoms with Crippen LogP contribution in [0.1, 0.15) is 95.3 Å². The van der Waals surface area contributed by atoms with Crippen molar-refractivity contribution in [3.63, 3.8) is 0 Å². The lowest BCUT2D eigenvalue weighted by atomic mass is 9.95. The number of benzene rings is 3. The number of carbonyl (C=O) groups excluding carboxylic acids is 5. The van der Waals surface area contributed by atoms with E-state index in [1.807, 2.05) is 70.2 Å². The van der Waals surface area contributed by atoms with E-state index >= 15 is 0 Å². The van der Waals surface area contributed by atoms with Gasteiger partial charge in [0.2, 0.25) is 12.3 Å². The minimum Gasteiger partial charge on any atom is -0.457 e. The number of ether oxygens (including phenoxy) is 1. The van der Waals surface area contributed by atoms with Gasteiger partial charge in [-0.05, 0) is 164 Å². The van der Waals surface area contributed by atoms with Crippen LogP contribution in [-0.2, 0) is 16.1 Å². The lowest BCUT2D eigenvalue weighted by Gasteiger charge is -2.38. The van der Waals surface area contributed by atoms with Gasteiger partial charge in [0.25, 0.3) is 5.91 Å². The van der Waals surface area contributed by atoms with Gasteiger partial charge in [0, 0.05) is 95.0 Å². The van der Waals surface area contributed by atoms with Crippen LogP contribution in [0.5, 0.6) is 11.5 Å². The first-order valence-corrected chi connectivity index (χ1v) is 27.2. The number of nitrogens with two attached hydrogens (primary N) is 1. The van der Waals surface area contributed by atoms with E-state index in [0.29, 0.717) is 53.1 Å². The Morgan fingerprint density at radius 3 is 2.03 bits per heavy atom. The number of aldehydes is 2. The fourth-order valence-corrected chi connectivity index (χ4v) is 10.9. The third-order valence-electron chi connectivity index (χ3n) is 15.4. The average Bonchev–Trinajstić information content (AvgIpc) is 3.84. The second kappa shape index (κ2) is 28.5. The van der Waals surface area contributed by atoms with Gasteiger partial charge in [-0.25, -0.2) is 4.68 Å². The van der Waals surface area contributed by atoms with Crippen LogP contribution in [0, 0.1) is 11.8 Å². The largest absolute Gasteiger partial charge is 0.457 e. The lowest BCUT2D eigenvalue weighted by Crippen LogP contribution is -2.50. The van der Waals surface area contributed by atoms with Gasteiger partial charge in [-0.15, -0.1) is 0 Å². The van der Waals surface area contributed by atoms with Gasteiger partial charge in [-0.1, -0.05) is 31.2 Å². The molecule has 7 heterocycles. The average molecular weight is 1030 g/mol. The van der Waals surface area contributed by atoms with E-state index in [-0.39, 0.29) is 11.8 Å². The molecule has 0 aliphatic carbocycles. The Kier molecular flexibility index (Phi) is 21.4. The van der Waals surface area contributed by atoms with Crippen molar-refractivity contribution in [1.29, 1.82) is 0 Å². The molecule has 5 fully saturated rings. The number of fused-ring (bicyclic) bond motifs is 1. The van der Waals surface area contributed by atoms with Gasteiger partial charge in [-0.3, -0.25) is 28.9 Å². The maximum absolute atomic E-state index is 13.3. The maximum atomic E-state index is 13.3. The molecule has 404 valence electrons. The number of carbonyl (C=O) groups is 5. The Hall–Kier alpha value is -6.40. The number of piperazine rings is 1. The van der Waals surface area contributed by atoms with Crippen LogP contribution in [0.15, 0.2) is 85.1 Å². The van der Waals surface area contributed by atoms with Crippen LogP contribution in [-0.4, -0.2) is 177 Å². The van der Waals surface area contributed by atoms with Crippen LogP contribution in [0.4, 0.5) is 11.5 Å². The second-order valence-corrected chi connectivity index (χ2v) is 20.6. The molecule has 75 heavy (non-hydrogen) atoms. The Balaban J connectivity index is 0.000000176. The van der Waals surface area contributed by atoms with E-state index < -0.39 is 6.04 Å². The van der Waals surface area contributed by atoms with Crippen molar-refractivity contribution in [2.75, 3.05) is 116 Å². The number of nitrogens with zero attached hydrogens (tertiary/aromatic N) is 8. The van der Waals surface area contributed by atoms with Crippen LogP contribution in [0.2, 0.25) is 0 Å². The molecule has 1 aromatic heterocycles. The number of aromatic nitrogens is 2. The fourth-order valence-electron chi connectivity index (χ4n) is 10.9. The standard InChI is InChI=1S/C26H35N5O4.C19H17N3O2.C12H24N2.CH5N/c1-19-3-6-24(25(34)27-19)28(2)26(35)23-15-22(5-4-21(23)17-32)31-9-7-20(8-10-31)16-29-11-13-30(18-33)14-12-29;23-13-17-18(21-22-12-4-11-20-19(17)22)14-7-9-16(10-8-14)24-15-5-2-1-3-6-15;1-13-9-5-12(6-10-13)11-14-7-3-2-4-8-14;1-2/h4-5,15,17-18,20,24H,1,3,6-14,16H2,2H3,(H,27,34);1-3,5-10,13,20H,4,11-12H2;12H,2-11H2,1H3;2H2,1H3. The second-order valence-electron chi connectivity index (χ2n) is 20.6. The Morgan fingerprint density at radius 1 is 0.760 bits per heavy atom. The quantitative estimate of drug-likeness (QED) is 0.120. The molecule has 17 heteroatoms. The summed E-state index contributed by atoms with van der Waals surface area (Å²) < 4.78 is 7.67. The number of amides is 3. The summed E-state index contributed by atoms with van der Waals surface area (Å²) in [6.45, 7) is 18.5. The molecule has 5 saturated heterocycles. The van der Waals surface area contributed by atoms with E-state index in [2.05, 4.69) is 54.7 Å². The summed E-state index contributed by atoms with van der Waals surface area (Å²) in [6, 6.07) is 22.1. The minimum absolute atomic E-state index is 0.240. The molecule has 1 atom stereocenters. The van der Waals surface area contributed by atoms with Crippen molar-refractivity contribution in [3.05, 3.63) is 102 Å². The zero-order valence-corrected chi connectivity index (χ0v) is 44.7. The summed E-state index contributed by atoms with van der Waals surface area (Å²) >= 11 is 0. The van der Waals surface area contributed by atoms with Gasteiger partial charge in [0.05, 0.1) is 11.1 Å². The Bertz CT molecular complexity index is 2470. The smallest absolute Gasteiger partial charge is 0.255 e. The highest BCUT2D eigenvalue weighted by molar-refractivity contribution is 6.04. The van der Waals surface area contributed by atoms with Crippen molar-refractivity contribution < 1.29 is 28.7 Å². The van der Waals surface area contributed by atoms with Crippen molar-refractivity contribution in [2.24, 2.45) is 17.6 Å². The number of aryl methyl sites for hydroxylation is 1. The predicted octanol–water partition coefficient (Wildman–Crippen LogP) is 6.71. The number of hydrogen-bond donors (Lipinski definition) is 3. The molecular weight excluding hydrogens is 947 g/mol. The first kappa shape index (κ1) is 56.3. The Labute approximate surface area is 444 Å². The van der Waals surface area contributed by atoms with E-state index in [4.69, 9.17) is 4.74 Å². The van der Waals surface area contributed by atoms with Crippen LogP contribution >= 0.6 is 0 Å². The summed E-state index contributed by atoms with van der Waals surface area (Å²) in [7, 11) is 5.36. The number of nitrogens with one attached hydrogen (secondary N) is 2. The summed E-state index contributed by atoms with van der Waals surface area (Å²) in [5.41, 5.74) is 8.97. The number of likely N-dealkylation sites (N-methyl/N-ethyl adjacent to an activating group) is 1. The van der Waals surface area contributed by atoms with Crippen molar-refractivity contribution in [2.45, 2.75) is 76.8 Å². The highest BCUT2D eigenvalue weighted by atomic mass is 16.5. The lowest BCUT2D eigenvalue weighted by molar-refractivity contribution is -0.125. The van der Waals surface area contributed by atoms with Crippen LogP contribution in [0.25, 0.3) is 11.3 Å². The van der Waals surface area contributed by atoms with Gasteiger partial charge in [0.15, 0.2) is 12.6 Å². The van der Waals surface area contributed by atoms with Crippen LogP contribution in [0.3, 0.4) is 0 Å². The molecule has 3 amide bonds. The van der Waals surface area contributed by atoms with Gasteiger partial charge < -0.3 is 45.6 Å². The van der Waals surface area contributed by atoms with E-state index in [0.717, 1.165) is 125 Å². The molecule has 10 rings (SSSR count). The maximum Gasteiger partial charge on any atom is 0.255 e. The number of likely N-dealkylation sites (tertiary alicyclic amines) is 2. The Morgan fingerprint density at radius 2 is 1.40 bits per heavy atom. The highest BCUT2D eigenvalue weighted by Crippen LogP contribution is 2.32. The van der Waals surface area contributed by atoms with Crippen molar-refractivity contribution in [1.82, 2.24) is 39.6 Å². The molecule has 6 aliphatic heterocycles. The molecule has 0 radical (unpaired) electrons. The van der Waals surface area contributed by atoms with Gasteiger partial charge in [-0.2, -0.15) is 5.10 Å². The molecule has 6 aliphatic rings. The molecule has 0 saturated carbocycles. The fraction of sp³-hybridized carbons (Fsp3) is 0.517. The molecule has 3 aromatic carbocycles. The number of piperidine rings is 4. The molecule has 17 nitrogen and oxygen atoms in total. The van der Waals surface area contributed by atoms with Crippen molar-refractivity contribution >= 4 is 42.3 Å². The molecule has 4 N–H and O–H groups in total. The number of para-hydroxylation sites is 1. The minimum atomic E-state index is -0.583. The number of allylic oxidation sites excluding steroid dienone is 1. The van der Waals surface area contributed by atoms with E-state index in [1.165, 1.54) is 76.8 Å². The first-order valence-electron chi connectivity index (χ1n) is 27.2. The van der Waals surface area contributed by atoms with Gasteiger partial charge in [0.1, 0.15) is 29.1 Å². The topological polar surface area (TPSA) is 182 Å². The molecule has 4 aromatic rings. The SMILES string of the molecule is C=C1CCC(N(C)C(=O)c2cc(N3CCC(CN4CCN(C=O)CC4)CC3)ccc2C=O)C(=O)N1.CN.CN1CCC(CN2CCCCC2)CC1.O=Cc1c(-c2ccc(Oc3ccccc3)cc2)nn2c1NCCC2. The van der Waals surface area contributed by atoms with E-state index in [1.54, 1.807) is 19.2 Å². The monoisotopic (exact) mass is 1030 g/mol. The summed E-state index contributed by atoms with van der Waals surface area (Å²) in [5, 5.41) is 10.6. The third-order valence-corrected chi connectivity index (χ3v) is 15.4. The van der Waals surface area contributed by atoms with Gasteiger partial charge >= 0.3 is 0 Å². The summed E-state index contributed by atoms with van der Waals surface area (Å²) in [6.07, 6.45) is 13.9.